The normalized spacial score (nSPS) is 12.2. The van der Waals surface area contributed by atoms with Crippen molar-refractivity contribution in [1.29, 1.82) is 0 Å². The van der Waals surface area contributed by atoms with E-state index in [0.29, 0.717) is 11.8 Å². The molecule has 0 N–H and O–H groups in total. The number of hydrogen-bond donors (Lipinski definition) is 0. The van der Waals surface area contributed by atoms with Gasteiger partial charge in [-0.2, -0.15) is 0 Å². The van der Waals surface area contributed by atoms with Crippen LogP contribution in [0.15, 0.2) is 85.1 Å². The maximum atomic E-state index is 3.89. The molecule has 0 aliphatic heterocycles. The quantitative estimate of drug-likeness (QED) is 0.464. The van der Waals surface area contributed by atoms with Gasteiger partial charge in [-0.3, -0.25) is 0 Å². The van der Waals surface area contributed by atoms with Gasteiger partial charge in [-0.25, -0.2) is 0 Å². The lowest BCUT2D eigenvalue weighted by molar-refractivity contribution is 0.865. The maximum absolute atomic E-state index is 3.89. The van der Waals surface area contributed by atoms with Crippen molar-refractivity contribution in [2.75, 3.05) is 4.90 Å². The summed E-state index contributed by atoms with van der Waals surface area (Å²) in [5.74, 6) is 1.06. The Bertz CT molecular complexity index is 707. The highest BCUT2D eigenvalue weighted by molar-refractivity contribution is 5.70. The fourth-order valence-corrected chi connectivity index (χ4v) is 2.96. The molecule has 0 radical (unpaired) electrons. The summed E-state index contributed by atoms with van der Waals surface area (Å²) < 4.78 is 0. The molecule has 0 amide bonds. The molecule has 0 saturated carbocycles. The first-order chi connectivity index (χ1) is 12.5. The molecule has 1 heteroatoms. The number of anilines is 2. The molecule has 1 nitrogen and oxygen atoms in total. The van der Waals surface area contributed by atoms with Crippen molar-refractivity contribution in [3.63, 3.8) is 0 Å². The van der Waals surface area contributed by atoms with Crippen molar-refractivity contribution < 1.29 is 0 Å². The lowest BCUT2D eigenvalue weighted by Gasteiger charge is -2.27. The minimum atomic E-state index is 0.529. The zero-order valence-corrected chi connectivity index (χ0v) is 16.7. The van der Waals surface area contributed by atoms with E-state index in [1.807, 2.05) is 19.1 Å². The highest BCUT2D eigenvalue weighted by atomic mass is 15.1. The molecule has 0 aromatic heterocycles. The Labute approximate surface area is 159 Å². The van der Waals surface area contributed by atoms with Crippen molar-refractivity contribution in [3.05, 3.63) is 96.2 Å². The van der Waals surface area contributed by atoms with Gasteiger partial charge in [-0.05, 0) is 66.3 Å². The summed E-state index contributed by atoms with van der Waals surface area (Å²) >= 11 is 0. The van der Waals surface area contributed by atoms with Gasteiger partial charge in [0, 0.05) is 17.1 Å². The molecule has 2 aromatic carbocycles. The summed E-state index contributed by atoms with van der Waals surface area (Å²) in [5, 5.41) is 0. The Morgan fingerprint density at radius 2 is 1.23 bits per heavy atom. The van der Waals surface area contributed by atoms with Gasteiger partial charge >= 0.3 is 0 Å². The summed E-state index contributed by atoms with van der Waals surface area (Å²) in [6.45, 7) is 14.8. The van der Waals surface area contributed by atoms with Gasteiger partial charge in [-0.15, -0.1) is 0 Å². The number of benzene rings is 2. The Kier molecular flexibility index (Phi) is 7.03. The van der Waals surface area contributed by atoms with Crippen molar-refractivity contribution in [2.45, 2.75) is 46.5 Å². The highest BCUT2D eigenvalue weighted by Crippen LogP contribution is 2.32. The Balaban J connectivity index is 2.54. The van der Waals surface area contributed by atoms with Gasteiger partial charge in [0.2, 0.25) is 0 Å². The van der Waals surface area contributed by atoms with E-state index in [4.69, 9.17) is 0 Å². The minimum absolute atomic E-state index is 0.529. The van der Waals surface area contributed by atoms with E-state index in [-0.39, 0.29) is 0 Å². The molecule has 2 aromatic rings. The first kappa shape index (κ1) is 19.8. The molecule has 0 aliphatic carbocycles. The van der Waals surface area contributed by atoms with Crippen LogP contribution in [-0.2, 0) is 0 Å². The topological polar surface area (TPSA) is 3.24 Å². The van der Waals surface area contributed by atoms with E-state index in [2.05, 4.69) is 99.9 Å². The Morgan fingerprint density at radius 1 is 0.808 bits per heavy atom. The zero-order valence-electron chi connectivity index (χ0n) is 16.7. The number of nitrogens with zero attached hydrogens (tertiary/aromatic N) is 1. The van der Waals surface area contributed by atoms with Gasteiger partial charge in [0.25, 0.3) is 0 Å². The summed E-state index contributed by atoms with van der Waals surface area (Å²) in [6.07, 6.45) is 8.07. The van der Waals surface area contributed by atoms with Crippen molar-refractivity contribution >= 4 is 11.4 Å². The molecule has 0 aliphatic rings. The molecule has 0 atom stereocenters. The van der Waals surface area contributed by atoms with Gasteiger partial charge in [-0.1, -0.05) is 70.7 Å². The fraction of sp³-hybridized carbons (Fsp3) is 0.280. The minimum Gasteiger partial charge on any atom is -0.311 e. The van der Waals surface area contributed by atoms with E-state index < -0.39 is 0 Å². The SMILES string of the molecule is C=C/C=C(\C=C/C)N(c1ccc(C(C)C)cc1)c1ccc(C(C)C)cc1. The summed E-state index contributed by atoms with van der Waals surface area (Å²) in [5.41, 5.74) is 6.10. The van der Waals surface area contributed by atoms with E-state index in [0.717, 1.165) is 17.1 Å². The van der Waals surface area contributed by atoms with Crippen LogP contribution in [0.5, 0.6) is 0 Å². The molecule has 0 fully saturated rings. The molecule has 26 heavy (non-hydrogen) atoms. The van der Waals surface area contributed by atoms with Crippen molar-refractivity contribution in [3.8, 4) is 0 Å². The van der Waals surface area contributed by atoms with Crippen LogP contribution in [0.4, 0.5) is 11.4 Å². The molecule has 0 heterocycles. The number of hydrogen-bond acceptors (Lipinski definition) is 1. The van der Waals surface area contributed by atoms with Gasteiger partial charge < -0.3 is 4.90 Å². The maximum Gasteiger partial charge on any atom is 0.0461 e. The van der Waals surface area contributed by atoms with Crippen LogP contribution in [0.25, 0.3) is 0 Å². The van der Waals surface area contributed by atoms with Crippen LogP contribution in [0, 0.1) is 0 Å². The predicted molar refractivity (Wildman–Crippen MR) is 116 cm³/mol. The molecular formula is C25H31N. The third kappa shape index (κ3) is 4.76. The van der Waals surface area contributed by atoms with E-state index in [9.17, 15) is 0 Å². The van der Waals surface area contributed by atoms with Gasteiger partial charge in [0.1, 0.15) is 0 Å². The lowest BCUT2D eigenvalue weighted by Crippen LogP contribution is -2.15. The monoisotopic (exact) mass is 345 g/mol. The lowest BCUT2D eigenvalue weighted by atomic mass is 10.0. The highest BCUT2D eigenvalue weighted by Gasteiger charge is 2.13. The first-order valence-corrected chi connectivity index (χ1v) is 9.43. The van der Waals surface area contributed by atoms with Gasteiger partial charge in [0.05, 0.1) is 0 Å². The standard InChI is InChI=1S/C25H31N/c1-7-9-23(10-8-2)26(24-15-11-21(12-16-24)19(3)4)25-17-13-22(14-18-25)20(5)6/h7-20H,1H2,2-6H3/b10-8-,23-9+. The van der Waals surface area contributed by atoms with E-state index in [1.54, 1.807) is 0 Å². The molecule has 0 unspecified atom stereocenters. The Morgan fingerprint density at radius 3 is 1.54 bits per heavy atom. The average molecular weight is 346 g/mol. The van der Waals surface area contributed by atoms with Crippen LogP contribution in [0.2, 0.25) is 0 Å². The predicted octanol–water partition coefficient (Wildman–Crippen LogP) is 7.72. The van der Waals surface area contributed by atoms with Crippen molar-refractivity contribution in [1.82, 2.24) is 0 Å². The molecule has 0 spiro atoms. The molecule has 0 saturated heterocycles. The molecule has 136 valence electrons. The van der Waals surface area contributed by atoms with Crippen LogP contribution < -0.4 is 4.90 Å². The third-order valence-electron chi connectivity index (χ3n) is 4.52. The number of rotatable bonds is 7. The summed E-state index contributed by atoms with van der Waals surface area (Å²) in [4.78, 5) is 2.27. The molecular weight excluding hydrogens is 314 g/mol. The van der Waals surface area contributed by atoms with Crippen LogP contribution in [-0.4, -0.2) is 0 Å². The molecule has 0 bridgehead atoms. The smallest absolute Gasteiger partial charge is 0.0461 e. The first-order valence-electron chi connectivity index (χ1n) is 9.43. The third-order valence-corrected chi connectivity index (χ3v) is 4.52. The molecule has 2 rings (SSSR count). The fourth-order valence-electron chi connectivity index (χ4n) is 2.96. The van der Waals surface area contributed by atoms with Crippen molar-refractivity contribution in [2.24, 2.45) is 0 Å². The Hall–Kier alpha value is -2.54. The second-order valence-electron chi connectivity index (χ2n) is 7.16. The average Bonchev–Trinajstić information content (AvgIpc) is 2.63. The van der Waals surface area contributed by atoms with Crippen LogP contribution in [0.3, 0.4) is 0 Å². The largest absolute Gasteiger partial charge is 0.311 e. The summed E-state index contributed by atoms with van der Waals surface area (Å²) in [7, 11) is 0. The van der Waals surface area contributed by atoms with Crippen LogP contribution >= 0.6 is 0 Å². The second kappa shape index (κ2) is 9.24. The second-order valence-corrected chi connectivity index (χ2v) is 7.16. The summed E-state index contributed by atoms with van der Waals surface area (Å²) in [6, 6.07) is 17.7. The zero-order chi connectivity index (χ0) is 19.1. The van der Waals surface area contributed by atoms with Crippen LogP contribution in [0.1, 0.15) is 57.6 Å². The van der Waals surface area contributed by atoms with Gasteiger partial charge in [0.15, 0.2) is 0 Å². The van der Waals surface area contributed by atoms with E-state index in [1.165, 1.54) is 11.1 Å². The number of allylic oxidation sites excluding steroid dienone is 4. The van der Waals surface area contributed by atoms with E-state index >= 15 is 0 Å².